The molecule has 0 aliphatic carbocycles. The van der Waals surface area contributed by atoms with Crippen molar-refractivity contribution in [1.82, 2.24) is 9.97 Å². The largest absolute Gasteiger partial charge is 0.487 e. The Morgan fingerprint density at radius 2 is 1.75 bits per heavy atom. The Kier molecular flexibility index (Phi) is 6.31. The smallest absolute Gasteiger partial charge is 0.332 e. The van der Waals surface area contributed by atoms with Crippen LogP contribution in [0.25, 0.3) is 11.4 Å². The minimum Gasteiger partial charge on any atom is -0.487 e. The molecule has 0 aliphatic heterocycles. The molecule has 0 aliphatic rings. The Labute approximate surface area is 161 Å². The molecule has 0 bridgehead atoms. The summed E-state index contributed by atoms with van der Waals surface area (Å²) >= 11 is 0. The van der Waals surface area contributed by atoms with Gasteiger partial charge in [0.25, 0.3) is 0 Å². The molecule has 1 unspecified atom stereocenters. The van der Waals surface area contributed by atoms with Crippen LogP contribution in [-0.2, 0) is 24.4 Å². The van der Waals surface area contributed by atoms with Gasteiger partial charge in [0.2, 0.25) is 0 Å². The van der Waals surface area contributed by atoms with Crippen LogP contribution in [0.2, 0.25) is 0 Å². The molecule has 28 heavy (non-hydrogen) atoms. The van der Waals surface area contributed by atoms with Crippen molar-refractivity contribution in [2.75, 3.05) is 0 Å². The van der Waals surface area contributed by atoms with E-state index in [9.17, 15) is 15.0 Å². The molecule has 0 saturated heterocycles. The molecular formula is C21H20N2O5. The van der Waals surface area contributed by atoms with Crippen LogP contribution in [0.15, 0.2) is 60.8 Å². The number of benzene rings is 2. The number of aliphatic carboxylic acids is 1. The second kappa shape index (κ2) is 9.07. The van der Waals surface area contributed by atoms with E-state index in [2.05, 4.69) is 9.97 Å². The standard InChI is InChI=1S/C21H20N2O5/c24-12-15-6-1-3-7-17(15)20-22-10-9-16(23-20)13-28-19-8-4-2-5-14(19)11-18(25)21(26)27/h1-10,18,24-25H,11-13H2,(H,26,27). The Morgan fingerprint density at radius 3 is 2.50 bits per heavy atom. The molecule has 1 atom stereocenters. The summed E-state index contributed by atoms with van der Waals surface area (Å²) in [5.41, 5.74) is 2.70. The third-order valence-electron chi connectivity index (χ3n) is 4.19. The number of rotatable bonds is 8. The van der Waals surface area contributed by atoms with Crippen molar-refractivity contribution in [3.05, 3.63) is 77.6 Å². The average molecular weight is 380 g/mol. The summed E-state index contributed by atoms with van der Waals surface area (Å²) in [4.78, 5) is 19.7. The predicted octanol–water partition coefficient (Wildman–Crippen LogP) is 2.20. The van der Waals surface area contributed by atoms with Gasteiger partial charge in [0.05, 0.1) is 12.3 Å². The van der Waals surface area contributed by atoms with Crippen LogP contribution in [-0.4, -0.2) is 37.4 Å². The molecule has 0 radical (unpaired) electrons. The molecule has 0 spiro atoms. The van der Waals surface area contributed by atoms with Crippen LogP contribution in [0.3, 0.4) is 0 Å². The lowest BCUT2D eigenvalue weighted by molar-refractivity contribution is -0.146. The van der Waals surface area contributed by atoms with Crippen molar-refractivity contribution < 1.29 is 24.9 Å². The molecule has 3 rings (SSSR count). The number of nitrogens with zero attached hydrogens (tertiary/aromatic N) is 2. The van der Waals surface area contributed by atoms with E-state index >= 15 is 0 Å². The van der Waals surface area contributed by atoms with Gasteiger partial charge in [0.15, 0.2) is 11.9 Å². The quantitative estimate of drug-likeness (QED) is 0.549. The number of hydrogen-bond acceptors (Lipinski definition) is 6. The Bertz CT molecular complexity index is 961. The van der Waals surface area contributed by atoms with Gasteiger partial charge >= 0.3 is 5.97 Å². The maximum atomic E-state index is 10.9. The monoisotopic (exact) mass is 380 g/mol. The van der Waals surface area contributed by atoms with Crippen LogP contribution >= 0.6 is 0 Å². The number of carboxylic acids is 1. The first-order valence-corrected chi connectivity index (χ1v) is 8.71. The summed E-state index contributed by atoms with van der Waals surface area (Å²) in [5, 5.41) is 28.0. The molecular weight excluding hydrogens is 360 g/mol. The zero-order valence-corrected chi connectivity index (χ0v) is 15.0. The second-order valence-electron chi connectivity index (χ2n) is 6.14. The highest BCUT2D eigenvalue weighted by Crippen LogP contribution is 2.23. The lowest BCUT2D eigenvalue weighted by Crippen LogP contribution is -2.22. The molecule has 0 fully saturated rings. The first-order valence-electron chi connectivity index (χ1n) is 8.71. The summed E-state index contributed by atoms with van der Waals surface area (Å²) in [6, 6.07) is 16.0. The van der Waals surface area contributed by atoms with Gasteiger partial charge in [-0.3, -0.25) is 0 Å². The maximum Gasteiger partial charge on any atom is 0.332 e. The Morgan fingerprint density at radius 1 is 1.04 bits per heavy atom. The van der Waals surface area contributed by atoms with Gasteiger partial charge in [0.1, 0.15) is 12.4 Å². The van der Waals surface area contributed by atoms with Gasteiger partial charge < -0.3 is 20.1 Å². The fraction of sp³-hybridized carbons (Fsp3) is 0.190. The second-order valence-corrected chi connectivity index (χ2v) is 6.14. The van der Waals surface area contributed by atoms with E-state index < -0.39 is 12.1 Å². The number of para-hydroxylation sites is 1. The molecule has 0 amide bonds. The number of carboxylic acid groups (broad SMARTS) is 1. The average Bonchev–Trinajstić information content (AvgIpc) is 2.73. The number of aliphatic hydroxyl groups excluding tert-OH is 2. The molecule has 7 heteroatoms. The third-order valence-corrected chi connectivity index (χ3v) is 4.19. The van der Waals surface area contributed by atoms with Crippen molar-refractivity contribution >= 4 is 5.97 Å². The Balaban J connectivity index is 1.77. The van der Waals surface area contributed by atoms with Crippen LogP contribution in [0.4, 0.5) is 0 Å². The zero-order chi connectivity index (χ0) is 19.9. The summed E-state index contributed by atoms with van der Waals surface area (Å²) < 4.78 is 5.81. The number of hydrogen-bond donors (Lipinski definition) is 3. The normalized spacial score (nSPS) is 11.8. The highest BCUT2D eigenvalue weighted by Gasteiger charge is 2.16. The summed E-state index contributed by atoms with van der Waals surface area (Å²) in [6.45, 7) is 0.0382. The summed E-state index contributed by atoms with van der Waals surface area (Å²) in [5.74, 6) is -0.308. The van der Waals surface area contributed by atoms with Crippen molar-refractivity contribution in [2.45, 2.75) is 25.7 Å². The zero-order valence-electron chi connectivity index (χ0n) is 15.0. The first kappa shape index (κ1) is 19.5. The minimum absolute atomic E-state index is 0.0512. The lowest BCUT2D eigenvalue weighted by atomic mass is 10.1. The van der Waals surface area contributed by atoms with E-state index in [0.717, 1.165) is 11.1 Å². The van der Waals surface area contributed by atoms with Gasteiger partial charge in [-0.15, -0.1) is 0 Å². The van der Waals surface area contributed by atoms with Gasteiger partial charge in [-0.05, 0) is 23.3 Å². The molecule has 3 aromatic rings. The molecule has 0 saturated carbocycles. The van der Waals surface area contributed by atoms with Gasteiger partial charge in [-0.2, -0.15) is 0 Å². The highest BCUT2D eigenvalue weighted by atomic mass is 16.5. The number of aliphatic hydroxyl groups is 2. The molecule has 1 aromatic heterocycles. The van der Waals surface area contributed by atoms with E-state index in [0.29, 0.717) is 22.8 Å². The van der Waals surface area contributed by atoms with Crippen molar-refractivity contribution in [3.8, 4) is 17.1 Å². The number of ether oxygens (including phenoxy) is 1. The minimum atomic E-state index is -1.50. The van der Waals surface area contributed by atoms with Crippen LogP contribution < -0.4 is 4.74 Å². The van der Waals surface area contributed by atoms with Crippen molar-refractivity contribution in [1.29, 1.82) is 0 Å². The summed E-state index contributed by atoms with van der Waals surface area (Å²) in [7, 11) is 0. The molecule has 144 valence electrons. The van der Waals surface area contributed by atoms with E-state index in [-0.39, 0.29) is 19.6 Å². The predicted molar refractivity (Wildman–Crippen MR) is 102 cm³/mol. The Hall–Kier alpha value is -3.29. The van der Waals surface area contributed by atoms with Crippen molar-refractivity contribution in [3.63, 3.8) is 0 Å². The molecule has 1 heterocycles. The fourth-order valence-electron chi connectivity index (χ4n) is 2.74. The van der Waals surface area contributed by atoms with E-state index in [1.165, 1.54) is 0 Å². The van der Waals surface area contributed by atoms with Crippen molar-refractivity contribution in [2.24, 2.45) is 0 Å². The first-order chi connectivity index (χ1) is 13.6. The van der Waals surface area contributed by atoms with Gasteiger partial charge in [-0.1, -0.05) is 42.5 Å². The SMILES string of the molecule is O=C(O)C(O)Cc1ccccc1OCc1ccnc(-c2ccccc2CO)n1. The van der Waals surface area contributed by atoms with E-state index in [1.807, 2.05) is 24.3 Å². The van der Waals surface area contributed by atoms with Crippen LogP contribution in [0.1, 0.15) is 16.8 Å². The van der Waals surface area contributed by atoms with Crippen LogP contribution in [0, 0.1) is 0 Å². The topological polar surface area (TPSA) is 113 Å². The molecule has 3 N–H and O–H groups in total. The lowest BCUT2D eigenvalue weighted by Gasteiger charge is -2.13. The highest BCUT2D eigenvalue weighted by molar-refractivity contribution is 5.72. The number of aromatic nitrogens is 2. The maximum absolute atomic E-state index is 10.9. The summed E-state index contributed by atoms with van der Waals surface area (Å²) in [6.07, 6.45) is 0.0741. The molecule has 2 aromatic carbocycles. The van der Waals surface area contributed by atoms with Gasteiger partial charge in [0, 0.05) is 18.2 Å². The molecule has 7 nitrogen and oxygen atoms in total. The fourth-order valence-corrected chi connectivity index (χ4v) is 2.74. The number of carbonyl (C=O) groups is 1. The van der Waals surface area contributed by atoms with E-state index in [1.54, 1.807) is 36.5 Å². The third kappa shape index (κ3) is 4.70. The van der Waals surface area contributed by atoms with Crippen LogP contribution in [0.5, 0.6) is 5.75 Å². The van der Waals surface area contributed by atoms with E-state index in [4.69, 9.17) is 9.84 Å². The van der Waals surface area contributed by atoms with Gasteiger partial charge in [-0.25, -0.2) is 14.8 Å².